The Bertz CT molecular complexity index is 816. The van der Waals surface area contributed by atoms with Gasteiger partial charge >= 0.3 is 0 Å². The molecule has 4 rings (SSSR count). The first kappa shape index (κ1) is 16.8. The zero-order chi connectivity index (χ0) is 17.9. The smallest absolute Gasteiger partial charge is 0.266 e. The third-order valence-corrected chi connectivity index (χ3v) is 4.73. The predicted molar refractivity (Wildman–Crippen MR) is 99.4 cm³/mol. The van der Waals surface area contributed by atoms with Crippen molar-refractivity contribution in [3.05, 3.63) is 54.4 Å². The third-order valence-electron chi connectivity index (χ3n) is 4.73. The number of hydrogen-bond donors (Lipinski definition) is 0. The van der Waals surface area contributed by atoms with Crippen molar-refractivity contribution in [3.63, 3.8) is 0 Å². The van der Waals surface area contributed by atoms with E-state index in [9.17, 15) is 0 Å². The molecule has 0 bridgehead atoms. The number of aromatic nitrogens is 4. The third kappa shape index (κ3) is 3.62. The Hall–Kier alpha value is -2.67. The molecular weight excluding hydrogens is 328 g/mol. The fourth-order valence-corrected chi connectivity index (χ4v) is 3.14. The first-order valence-corrected chi connectivity index (χ1v) is 9.07. The second-order valence-electron chi connectivity index (χ2n) is 6.99. The van der Waals surface area contributed by atoms with Crippen LogP contribution in [0.25, 0.3) is 5.69 Å². The standard InChI is InChI=1S/C19H24N6O/c1-15(2)18-21-19(22-26-18)24-11-9-23(10-12-24)13-16-3-5-17(6-4-16)25-8-7-20-14-25/h3-8,14-15H,9-13H2,1-2H3. The molecular formula is C19H24N6O. The number of imidazole rings is 1. The Balaban J connectivity index is 1.32. The van der Waals surface area contributed by atoms with Crippen LogP contribution in [0.4, 0.5) is 5.95 Å². The van der Waals surface area contributed by atoms with Gasteiger partial charge in [-0.15, -0.1) is 0 Å². The van der Waals surface area contributed by atoms with Gasteiger partial charge < -0.3 is 14.0 Å². The average molecular weight is 352 g/mol. The molecule has 7 nitrogen and oxygen atoms in total. The second-order valence-corrected chi connectivity index (χ2v) is 6.99. The number of anilines is 1. The van der Waals surface area contributed by atoms with Gasteiger partial charge in [0.25, 0.3) is 5.95 Å². The Kier molecular flexibility index (Phi) is 4.71. The van der Waals surface area contributed by atoms with Crippen molar-refractivity contribution in [1.82, 2.24) is 24.6 Å². The van der Waals surface area contributed by atoms with Gasteiger partial charge in [0.05, 0.1) is 6.33 Å². The summed E-state index contributed by atoms with van der Waals surface area (Å²) in [6, 6.07) is 8.66. The second kappa shape index (κ2) is 7.29. The fraction of sp³-hybridized carbons (Fsp3) is 0.421. The van der Waals surface area contributed by atoms with Gasteiger partial charge in [-0.2, -0.15) is 4.98 Å². The molecule has 0 radical (unpaired) electrons. The number of rotatable bonds is 5. The van der Waals surface area contributed by atoms with E-state index in [4.69, 9.17) is 4.52 Å². The monoisotopic (exact) mass is 352 g/mol. The van der Waals surface area contributed by atoms with Crippen molar-refractivity contribution in [2.75, 3.05) is 31.1 Å². The molecule has 0 aliphatic carbocycles. The van der Waals surface area contributed by atoms with Gasteiger partial charge in [0.2, 0.25) is 5.89 Å². The minimum Gasteiger partial charge on any atom is -0.337 e. The lowest BCUT2D eigenvalue weighted by molar-refractivity contribution is 0.248. The lowest BCUT2D eigenvalue weighted by Gasteiger charge is -2.33. The molecule has 0 spiro atoms. The normalized spacial score (nSPS) is 15.7. The minimum atomic E-state index is 0.267. The van der Waals surface area contributed by atoms with Crippen LogP contribution in [0, 0.1) is 0 Å². The van der Waals surface area contributed by atoms with Crippen LogP contribution in [-0.2, 0) is 6.54 Å². The summed E-state index contributed by atoms with van der Waals surface area (Å²) in [6.45, 7) is 8.92. The van der Waals surface area contributed by atoms with Gasteiger partial charge in [-0.3, -0.25) is 4.90 Å². The highest BCUT2D eigenvalue weighted by Gasteiger charge is 2.21. The van der Waals surface area contributed by atoms with E-state index in [2.05, 4.69) is 63.0 Å². The van der Waals surface area contributed by atoms with Crippen molar-refractivity contribution in [1.29, 1.82) is 0 Å². The molecule has 3 aromatic rings. The molecule has 1 aliphatic rings. The van der Waals surface area contributed by atoms with E-state index >= 15 is 0 Å². The fourth-order valence-electron chi connectivity index (χ4n) is 3.14. The van der Waals surface area contributed by atoms with E-state index in [1.165, 1.54) is 5.56 Å². The Morgan fingerprint density at radius 2 is 1.85 bits per heavy atom. The summed E-state index contributed by atoms with van der Waals surface area (Å²) in [7, 11) is 0. The van der Waals surface area contributed by atoms with Crippen molar-refractivity contribution in [2.24, 2.45) is 0 Å². The van der Waals surface area contributed by atoms with Crippen molar-refractivity contribution in [2.45, 2.75) is 26.3 Å². The maximum absolute atomic E-state index is 5.32. The molecule has 0 unspecified atom stereocenters. The quantitative estimate of drug-likeness (QED) is 0.703. The molecule has 0 saturated carbocycles. The van der Waals surface area contributed by atoms with E-state index in [0.717, 1.165) is 44.4 Å². The summed E-state index contributed by atoms with van der Waals surface area (Å²) in [5.41, 5.74) is 2.46. The van der Waals surface area contributed by atoms with Gasteiger partial charge in [-0.05, 0) is 22.9 Å². The minimum absolute atomic E-state index is 0.267. The topological polar surface area (TPSA) is 63.2 Å². The average Bonchev–Trinajstić information content (AvgIpc) is 3.35. The molecule has 1 saturated heterocycles. The molecule has 2 aromatic heterocycles. The van der Waals surface area contributed by atoms with Crippen LogP contribution in [0.1, 0.15) is 31.2 Å². The highest BCUT2D eigenvalue weighted by Crippen LogP contribution is 2.18. The van der Waals surface area contributed by atoms with Gasteiger partial charge in [-0.25, -0.2) is 4.98 Å². The van der Waals surface area contributed by atoms with Crippen LogP contribution in [0.15, 0.2) is 47.5 Å². The van der Waals surface area contributed by atoms with Gasteiger partial charge in [0, 0.05) is 56.7 Å². The molecule has 0 amide bonds. The van der Waals surface area contributed by atoms with Gasteiger partial charge in [-0.1, -0.05) is 26.0 Å². The van der Waals surface area contributed by atoms with E-state index in [1.807, 2.05) is 17.1 Å². The van der Waals surface area contributed by atoms with E-state index < -0.39 is 0 Å². The van der Waals surface area contributed by atoms with Crippen molar-refractivity contribution >= 4 is 5.95 Å². The van der Waals surface area contributed by atoms with Crippen LogP contribution in [-0.4, -0.2) is 50.8 Å². The van der Waals surface area contributed by atoms with Crippen molar-refractivity contribution in [3.8, 4) is 5.69 Å². The van der Waals surface area contributed by atoms with Crippen LogP contribution >= 0.6 is 0 Å². The summed E-state index contributed by atoms with van der Waals surface area (Å²) in [6.07, 6.45) is 5.56. The molecule has 1 aliphatic heterocycles. The van der Waals surface area contributed by atoms with Crippen LogP contribution in [0.2, 0.25) is 0 Å². The number of hydrogen-bond acceptors (Lipinski definition) is 6. The van der Waals surface area contributed by atoms with Crippen LogP contribution in [0.3, 0.4) is 0 Å². The maximum Gasteiger partial charge on any atom is 0.266 e. The molecule has 136 valence electrons. The number of piperazine rings is 1. The molecule has 1 aromatic carbocycles. The Labute approximate surface area is 153 Å². The Morgan fingerprint density at radius 3 is 2.46 bits per heavy atom. The molecule has 7 heteroatoms. The van der Waals surface area contributed by atoms with E-state index in [0.29, 0.717) is 5.89 Å². The lowest BCUT2D eigenvalue weighted by Crippen LogP contribution is -2.46. The van der Waals surface area contributed by atoms with Gasteiger partial charge in [0.1, 0.15) is 0 Å². The maximum atomic E-state index is 5.32. The lowest BCUT2D eigenvalue weighted by atomic mass is 10.2. The first-order chi connectivity index (χ1) is 12.7. The number of nitrogens with zero attached hydrogens (tertiary/aromatic N) is 6. The molecule has 0 atom stereocenters. The summed E-state index contributed by atoms with van der Waals surface area (Å²) < 4.78 is 7.33. The van der Waals surface area contributed by atoms with Crippen LogP contribution < -0.4 is 4.90 Å². The Morgan fingerprint density at radius 1 is 1.08 bits per heavy atom. The predicted octanol–water partition coefficient (Wildman–Crippen LogP) is 2.70. The zero-order valence-electron chi connectivity index (χ0n) is 15.2. The summed E-state index contributed by atoms with van der Waals surface area (Å²) in [5, 5.41) is 4.12. The van der Waals surface area contributed by atoms with E-state index in [-0.39, 0.29) is 5.92 Å². The summed E-state index contributed by atoms with van der Waals surface area (Å²) in [5.74, 6) is 1.70. The molecule has 1 fully saturated rings. The molecule has 26 heavy (non-hydrogen) atoms. The van der Waals surface area contributed by atoms with Gasteiger partial charge in [0.15, 0.2) is 0 Å². The SMILES string of the molecule is CC(C)c1nc(N2CCN(Cc3ccc(-n4ccnc4)cc3)CC2)no1. The van der Waals surface area contributed by atoms with Crippen molar-refractivity contribution < 1.29 is 4.52 Å². The highest BCUT2D eigenvalue weighted by molar-refractivity contribution is 5.34. The van der Waals surface area contributed by atoms with Crippen LogP contribution in [0.5, 0.6) is 0 Å². The summed E-state index contributed by atoms with van der Waals surface area (Å²) >= 11 is 0. The van der Waals surface area contributed by atoms with E-state index in [1.54, 1.807) is 6.20 Å². The summed E-state index contributed by atoms with van der Waals surface area (Å²) in [4.78, 5) is 13.3. The molecule has 0 N–H and O–H groups in total. The molecule has 3 heterocycles. The first-order valence-electron chi connectivity index (χ1n) is 9.07. The number of benzene rings is 1. The zero-order valence-corrected chi connectivity index (χ0v) is 15.2. The largest absolute Gasteiger partial charge is 0.337 e. The highest BCUT2D eigenvalue weighted by atomic mass is 16.5.